The van der Waals surface area contributed by atoms with Gasteiger partial charge in [0.25, 0.3) is 0 Å². The molecule has 44 heavy (non-hydrogen) atoms. The van der Waals surface area contributed by atoms with Gasteiger partial charge in [-0.15, -0.1) is 0 Å². The maximum atomic E-state index is 14.1. The molecule has 2 aliphatic heterocycles. The van der Waals surface area contributed by atoms with Crippen LogP contribution in [-0.4, -0.2) is 79.8 Å². The van der Waals surface area contributed by atoms with Crippen molar-refractivity contribution in [2.45, 2.75) is 52.4 Å². The molecule has 0 spiro atoms. The van der Waals surface area contributed by atoms with Gasteiger partial charge in [0.2, 0.25) is 11.8 Å². The molecule has 1 aromatic carbocycles. The Morgan fingerprint density at radius 1 is 1.05 bits per heavy atom. The van der Waals surface area contributed by atoms with Crippen molar-refractivity contribution in [1.29, 1.82) is 0 Å². The molecule has 1 saturated heterocycles. The molecule has 0 aliphatic carbocycles. The van der Waals surface area contributed by atoms with Crippen molar-refractivity contribution in [2.24, 2.45) is 0 Å². The number of aryl methyl sites for hydroxylation is 1. The standard InChI is InChI=1S/C32H36F3N7O2/c1-4-40-9-11-41(12-10-40)18-23-6-5-22(14-27(23)32(33,34)35)15-29(43)42-8-7-28-25(21(42)3)16-24(17-36-28)44-31-26-13-20(2)39-30(26)37-19-38-31/h5-6,13-14,16-17,19,21H,4,7-12,15,18H2,1-3H3,(H,37,38,39)/t21-/m1/s1. The van der Waals surface area contributed by atoms with Gasteiger partial charge in [0.15, 0.2) is 0 Å². The minimum atomic E-state index is -4.51. The van der Waals surface area contributed by atoms with Gasteiger partial charge in [-0.25, -0.2) is 9.97 Å². The van der Waals surface area contributed by atoms with Gasteiger partial charge in [-0.2, -0.15) is 13.2 Å². The van der Waals surface area contributed by atoms with Crippen LogP contribution in [0.15, 0.2) is 42.9 Å². The first-order chi connectivity index (χ1) is 21.1. The van der Waals surface area contributed by atoms with Crippen molar-refractivity contribution in [1.82, 2.24) is 34.6 Å². The molecular weight excluding hydrogens is 571 g/mol. The average Bonchev–Trinajstić information content (AvgIpc) is 3.39. The van der Waals surface area contributed by atoms with Crippen LogP contribution in [0.4, 0.5) is 13.2 Å². The molecule has 0 radical (unpaired) electrons. The number of carbonyl (C=O) groups is 1. The third-order valence-corrected chi connectivity index (χ3v) is 8.69. The van der Waals surface area contributed by atoms with E-state index in [9.17, 15) is 18.0 Å². The molecule has 12 heteroatoms. The van der Waals surface area contributed by atoms with Crippen LogP contribution < -0.4 is 4.74 Å². The smallest absolute Gasteiger partial charge is 0.416 e. The Hall–Kier alpha value is -4.03. The van der Waals surface area contributed by atoms with Crippen LogP contribution in [0, 0.1) is 6.92 Å². The average molecular weight is 608 g/mol. The lowest BCUT2D eigenvalue weighted by molar-refractivity contribution is -0.139. The summed E-state index contributed by atoms with van der Waals surface area (Å²) in [6.07, 6.45) is -1.02. The SMILES string of the molecule is CCN1CCN(Cc2ccc(CC(=O)N3CCc4ncc(Oc5ncnc6[nH]c(C)cc56)cc4[C@H]3C)cc2C(F)(F)F)CC1. The summed E-state index contributed by atoms with van der Waals surface area (Å²) >= 11 is 0. The molecule has 5 heterocycles. The number of ether oxygens (including phenoxy) is 1. The van der Waals surface area contributed by atoms with Crippen LogP contribution >= 0.6 is 0 Å². The maximum Gasteiger partial charge on any atom is 0.416 e. The van der Waals surface area contributed by atoms with E-state index in [0.717, 1.165) is 61.1 Å². The number of nitrogens with zero attached hydrogens (tertiary/aromatic N) is 6. The number of pyridine rings is 1. The molecule has 4 aromatic rings. The van der Waals surface area contributed by atoms with E-state index in [2.05, 4.69) is 36.7 Å². The summed E-state index contributed by atoms with van der Waals surface area (Å²) in [7, 11) is 0. The van der Waals surface area contributed by atoms with Crippen molar-refractivity contribution < 1.29 is 22.7 Å². The molecule has 6 rings (SSSR count). The van der Waals surface area contributed by atoms with E-state index in [1.165, 1.54) is 12.4 Å². The molecule has 3 aromatic heterocycles. The predicted molar refractivity (Wildman–Crippen MR) is 159 cm³/mol. The fourth-order valence-electron chi connectivity index (χ4n) is 6.20. The van der Waals surface area contributed by atoms with Gasteiger partial charge in [-0.1, -0.05) is 19.1 Å². The molecule has 2 aliphatic rings. The molecule has 1 amide bonds. The van der Waals surface area contributed by atoms with Crippen LogP contribution in [0.3, 0.4) is 0 Å². The van der Waals surface area contributed by atoms with Gasteiger partial charge in [-0.05, 0) is 55.3 Å². The number of rotatable bonds is 7. The fraction of sp³-hybridized carbons (Fsp3) is 0.438. The molecular formula is C32H36F3N7O2. The molecule has 9 nitrogen and oxygen atoms in total. The van der Waals surface area contributed by atoms with E-state index in [1.807, 2.05) is 26.0 Å². The van der Waals surface area contributed by atoms with Crippen LogP contribution in [0.1, 0.15) is 53.5 Å². The second-order valence-electron chi connectivity index (χ2n) is 11.6. The number of H-pyrrole nitrogens is 1. The monoisotopic (exact) mass is 607 g/mol. The number of benzene rings is 1. The molecule has 1 atom stereocenters. The minimum Gasteiger partial charge on any atom is -0.437 e. The van der Waals surface area contributed by atoms with Crippen LogP contribution in [0.5, 0.6) is 11.6 Å². The number of amides is 1. The molecule has 1 N–H and O–H groups in total. The first kappa shape index (κ1) is 30.0. The molecule has 0 bridgehead atoms. The number of carbonyl (C=O) groups excluding carboxylic acids is 1. The van der Waals surface area contributed by atoms with Crippen LogP contribution in [0.25, 0.3) is 11.0 Å². The lowest BCUT2D eigenvalue weighted by atomic mass is 9.96. The quantitative estimate of drug-likeness (QED) is 0.305. The van der Waals surface area contributed by atoms with E-state index in [-0.39, 0.29) is 30.5 Å². The third kappa shape index (κ3) is 6.27. The normalized spacial score (nSPS) is 18.0. The Balaban J connectivity index is 1.17. The number of hydrogen-bond acceptors (Lipinski definition) is 7. The molecule has 0 unspecified atom stereocenters. The first-order valence-corrected chi connectivity index (χ1v) is 15.0. The number of likely N-dealkylation sites (N-methyl/N-ethyl adjacent to an activating group) is 1. The second kappa shape index (κ2) is 12.2. The van der Waals surface area contributed by atoms with Crippen molar-refractivity contribution in [3.05, 3.63) is 76.5 Å². The van der Waals surface area contributed by atoms with E-state index >= 15 is 0 Å². The lowest BCUT2D eigenvalue weighted by Crippen LogP contribution is -2.45. The van der Waals surface area contributed by atoms with Gasteiger partial charge < -0.3 is 19.5 Å². The zero-order valence-electron chi connectivity index (χ0n) is 25.1. The van der Waals surface area contributed by atoms with Crippen molar-refractivity contribution in [2.75, 3.05) is 39.3 Å². The van der Waals surface area contributed by atoms with Gasteiger partial charge in [0.05, 0.1) is 29.6 Å². The molecule has 0 saturated carbocycles. The van der Waals surface area contributed by atoms with E-state index in [0.29, 0.717) is 35.8 Å². The number of fused-ring (bicyclic) bond motifs is 2. The number of halogens is 3. The van der Waals surface area contributed by atoms with Crippen LogP contribution in [-0.2, 0) is 30.4 Å². The summed E-state index contributed by atoms with van der Waals surface area (Å²) in [5, 5.41) is 0.746. The zero-order chi connectivity index (χ0) is 31.0. The number of piperazine rings is 1. The van der Waals surface area contributed by atoms with E-state index < -0.39 is 11.7 Å². The minimum absolute atomic E-state index is 0.117. The van der Waals surface area contributed by atoms with E-state index in [4.69, 9.17) is 4.74 Å². The topological polar surface area (TPSA) is 90.5 Å². The Kier molecular flexibility index (Phi) is 8.30. The zero-order valence-corrected chi connectivity index (χ0v) is 25.1. The van der Waals surface area contributed by atoms with Gasteiger partial charge in [0, 0.05) is 57.1 Å². The highest BCUT2D eigenvalue weighted by atomic mass is 19.4. The second-order valence-corrected chi connectivity index (χ2v) is 11.6. The summed E-state index contributed by atoms with van der Waals surface area (Å²) in [4.78, 5) is 35.8. The summed E-state index contributed by atoms with van der Waals surface area (Å²) < 4.78 is 48.5. The maximum absolute atomic E-state index is 14.1. The summed E-state index contributed by atoms with van der Waals surface area (Å²) in [6, 6.07) is 7.78. The highest BCUT2D eigenvalue weighted by Crippen LogP contribution is 2.36. The number of aromatic nitrogens is 4. The highest BCUT2D eigenvalue weighted by Gasteiger charge is 2.35. The third-order valence-electron chi connectivity index (χ3n) is 8.69. The lowest BCUT2D eigenvalue weighted by Gasteiger charge is -2.35. The Labute approximate surface area is 254 Å². The van der Waals surface area contributed by atoms with E-state index in [1.54, 1.807) is 17.2 Å². The molecule has 1 fully saturated rings. The predicted octanol–water partition coefficient (Wildman–Crippen LogP) is 5.30. The fourth-order valence-corrected chi connectivity index (χ4v) is 6.20. The van der Waals surface area contributed by atoms with Crippen molar-refractivity contribution in [3.63, 3.8) is 0 Å². The largest absolute Gasteiger partial charge is 0.437 e. The van der Waals surface area contributed by atoms with Crippen molar-refractivity contribution >= 4 is 16.9 Å². The number of alkyl halides is 3. The van der Waals surface area contributed by atoms with Gasteiger partial charge in [0.1, 0.15) is 17.7 Å². The van der Waals surface area contributed by atoms with Gasteiger partial charge >= 0.3 is 6.18 Å². The Morgan fingerprint density at radius 2 is 1.82 bits per heavy atom. The summed E-state index contributed by atoms with van der Waals surface area (Å²) in [5.41, 5.74) is 3.23. The van der Waals surface area contributed by atoms with Gasteiger partial charge in [-0.3, -0.25) is 14.7 Å². The first-order valence-electron chi connectivity index (χ1n) is 15.0. The molecule has 232 valence electrons. The number of hydrogen-bond donors (Lipinski definition) is 1. The number of nitrogens with one attached hydrogen (secondary N) is 1. The summed E-state index contributed by atoms with van der Waals surface area (Å²) in [6.45, 7) is 10.7. The Morgan fingerprint density at radius 3 is 2.57 bits per heavy atom. The highest BCUT2D eigenvalue weighted by molar-refractivity contribution is 5.82. The number of aromatic amines is 1. The van der Waals surface area contributed by atoms with Crippen molar-refractivity contribution in [3.8, 4) is 11.6 Å². The summed E-state index contributed by atoms with van der Waals surface area (Å²) in [5.74, 6) is 0.640. The van der Waals surface area contributed by atoms with Crippen LogP contribution in [0.2, 0.25) is 0 Å². The Bertz CT molecular complexity index is 1660.